The molecule has 1 aliphatic carbocycles. The molecule has 2 aliphatic rings. The van der Waals surface area contributed by atoms with Crippen LogP contribution in [0.1, 0.15) is 78.1 Å². The van der Waals surface area contributed by atoms with Gasteiger partial charge >= 0.3 is 0 Å². The quantitative estimate of drug-likeness (QED) is 0.381. The maximum absolute atomic E-state index is 14.3. The summed E-state index contributed by atoms with van der Waals surface area (Å²) in [4.78, 5) is 0. The molecule has 30 heavy (non-hydrogen) atoms. The molecule has 0 radical (unpaired) electrons. The van der Waals surface area contributed by atoms with Crippen LogP contribution in [0.25, 0.3) is 0 Å². The van der Waals surface area contributed by atoms with Crippen LogP contribution in [-0.2, 0) is 4.74 Å². The molecule has 2 unspecified atom stereocenters. The summed E-state index contributed by atoms with van der Waals surface area (Å²) < 4.78 is 45.6. The van der Waals surface area contributed by atoms with E-state index in [2.05, 4.69) is 6.92 Å². The number of ether oxygens (including phenoxy) is 3. The third-order valence-corrected chi connectivity index (χ3v) is 6.76. The Morgan fingerprint density at radius 3 is 2.13 bits per heavy atom. The Morgan fingerprint density at radius 2 is 1.53 bits per heavy atom. The van der Waals surface area contributed by atoms with Crippen LogP contribution in [0, 0.1) is 29.4 Å². The van der Waals surface area contributed by atoms with Crippen molar-refractivity contribution in [2.75, 3.05) is 19.8 Å². The van der Waals surface area contributed by atoms with Crippen LogP contribution in [-0.4, -0.2) is 25.9 Å². The minimum absolute atomic E-state index is 0.0493. The van der Waals surface area contributed by atoms with Crippen LogP contribution < -0.4 is 9.47 Å². The summed E-state index contributed by atoms with van der Waals surface area (Å²) in [7, 11) is 0. The van der Waals surface area contributed by atoms with Gasteiger partial charge in [0.1, 0.15) is 0 Å². The lowest BCUT2D eigenvalue weighted by molar-refractivity contribution is -0.0656. The first-order valence-corrected chi connectivity index (χ1v) is 12.0. The predicted molar refractivity (Wildman–Crippen MR) is 115 cm³/mol. The number of benzene rings is 1. The molecule has 2 fully saturated rings. The summed E-state index contributed by atoms with van der Waals surface area (Å²) in [6.45, 7) is 5.67. The Labute approximate surface area is 180 Å². The third-order valence-electron chi connectivity index (χ3n) is 6.76. The second-order valence-corrected chi connectivity index (χ2v) is 9.09. The molecule has 0 amide bonds. The highest BCUT2D eigenvalue weighted by Crippen LogP contribution is 2.37. The minimum atomic E-state index is -0.970. The van der Waals surface area contributed by atoms with Crippen molar-refractivity contribution in [2.45, 2.75) is 84.2 Å². The summed E-state index contributed by atoms with van der Waals surface area (Å²) in [5.74, 6) is -0.218. The van der Waals surface area contributed by atoms with Crippen LogP contribution >= 0.6 is 0 Å². The fourth-order valence-corrected chi connectivity index (χ4v) is 4.86. The molecule has 0 bridgehead atoms. The molecular formula is C25H38F2O3. The van der Waals surface area contributed by atoms with Gasteiger partial charge in [-0.25, -0.2) is 0 Å². The molecule has 0 spiro atoms. The standard InChI is InChI=1S/C25H38F2O3/c1-3-5-15-28-22-13-14-23(25(27)24(22)26)30-17-19-9-12-21(29-16-19)20-10-7-18(6-4-2)8-11-20/h13-14,18-21H,3-12,15-17H2,1-2H3. The summed E-state index contributed by atoms with van der Waals surface area (Å²) >= 11 is 0. The molecule has 1 aromatic rings. The Hall–Kier alpha value is -1.36. The molecule has 1 aromatic carbocycles. The number of hydrogen-bond donors (Lipinski definition) is 0. The summed E-state index contributed by atoms with van der Waals surface area (Å²) in [6, 6.07) is 2.91. The number of unbranched alkanes of at least 4 members (excludes halogenated alkanes) is 1. The van der Waals surface area contributed by atoms with Crippen molar-refractivity contribution < 1.29 is 23.0 Å². The number of rotatable bonds is 10. The van der Waals surface area contributed by atoms with E-state index in [1.807, 2.05) is 6.92 Å². The van der Waals surface area contributed by atoms with Crippen molar-refractivity contribution in [1.82, 2.24) is 0 Å². The lowest BCUT2D eigenvalue weighted by atomic mass is 9.76. The molecule has 1 saturated carbocycles. The van der Waals surface area contributed by atoms with Crippen molar-refractivity contribution in [2.24, 2.45) is 17.8 Å². The van der Waals surface area contributed by atoms with Gasteiger partial charge in [-0.15, -0.1) is 0 Å². The number of hydrogen-bond acceptors (Lipinski definition) is 3. The highest BCUT2D eigenvalue weighted by atomic mass is 19.2. The average molecular weight is 425 g/mol. The first-order chi connectivity index (χ1) is 14.6. The fraction of sp³-hybridized carbons (Fsp3) is 0.760. The molecule has 0 aromatic heterocycles. The zero-order valence-electron chi connectivity index (χ0n) is 18.6. The van der Waals surface area contributed by atoms with E-state index in [0.717, 1.165) is 31.6 Å². The van der Waals surface area contributed by atoms with Crippen LogP contribution in [0.4, 0.5) is 8.78 Å². The van der Waals surface area contributed by atoms with E-state index in [0.29, 0.717) is 31.8 Å². The summed E-state index contributed by atoms with van der Waals surface area (Å²) in [5.41, 5.74) is 0. The Bertz CT molecular complexity index is 636. The second kappa shape index (κ2) is 11.9. The van der Waals surface area contributed by atoms with Gasteiger partial charge in [0.2, 0.25) is 11.6 Å². The molecule has 3 rings (SSSR count). The first kappa shape index (κ1) is 23.3. The molecule has 170 valence electrons. The van der Waals surface area contributed by atoms with Crippen molar-refractivity contribution in [3.05, 3.63) is 23.8 Å². The van der Waals surface area contributed by atoms with E-state index in [-0.39, 0.29) is 17.4 Å². The molecule has 3 nitrogen and oxygen atoms in total. The summed E-state index contributed by atoms with van der Waals surface area (Å²) in [5, 5.41) is 0. The zero-order chi connectivity index (χ0) is 21.3. The molecule has 1 aliphatic heterocycles. The lowest BCUT2D eigenvalue weighted by Gasteiger charge is -2.37. The molecule has 2 atom stereocenters. The van der Waals surface area contributed by atoms with Gasteiger partial charge in [0.05, 0.1) is 25.9 Å². The van der Waals surface area contributed by atoms with E-state index in [9.17, 15) is 8.78 Å². The van der Waals surface area contributed by atoms with Gasteiger partial charge in [-0.1, -0.05) is 46.0 Å². The van der Waals surface area contributed by atoms with Crippen molar-refractivity contribution in [1.29, 1.82) is 0 Å². The molecule has 1 saturated heterocycles. The van der Waals surface area contributed by atoms with Crippen molar-refractivity contribution >= 4 is 0 Å². The van der Waals surface area contributed by atoms with Crippen LogP contribution in [0.15, 0.2) is 12.1 Å². The summed E-state index contributed by atoms with van der Waals surface area (Å²) in [6.07, 6.45) is 12.1. The van der Waals surface area contributed by atoms with Crippen molar-refractivity contribution in [3.8, 4) is 11.5 Å². The van der Waals surface area contributed by atoms with E-state index in [4.69, 9.17) is 14.2 Å². The van der Waals surface area contributed by atoms with E-state index >= 15 is 0 Å². The van der Waals surface area contributed by atoms with Gasteiger partial charge in [-0.05, 0) is 56.1 Å². The smallest absolute Gasteiger partial charge is 0.204 e. The SMILES string of the molecule is CCCCOc1ccc(OCC2CCC(C3CCC(CCC)CC3)OC2)c(F)c1F. The Kier molecular flexibility index (Phi) is 9.23. The fourth-order valence-electron chi connectivity index (χ4n) is 4.86. The predicted octanol–water partition coefficient (Wildman–Crippen LogP) is 6.92. The Balaban J connectivity index is 1.41. The van der Waals surface area contributed by atoms with Gasteiger partial charge in [0.25, 0.3) is 0 Å². The van der Waals surface area contributed by atoms with Gasteiger partial charge in [-0.3, -0.25) is 0 Å². The van der Waals surface area contributed by atoms with Crippen LogP contribution in [0.2, 0.25) is 0 Å². The lowest BCUT2D eigenvalue weighted by Crippen LogP contribution is -2.35. The maximum Gasteiger partial charge on any atom is 0.204 e. The van der Waals surface area contributed by atoms with Gasteiger partial charge in [0, 0.05) is 5.92 Å². The number of halogens is 2. The highest BCUT2D eigenvalue weighted by Gasteiger charge is 2.31. The maximum atomic E-state index is 14.3. The largest absolute Gasteiger partial charge is 0.490 e. The zero-order valence-corrected chi connectivity index (χ0v) is 18.6. The van der Waals surface area contributed by atoms with Crippen LogP contribution in [0.3, 0.4) is 0 Å². The van der Waals surface area contributed by atoms with Gasteiger partial charge < -0.3 is 14.2 Å². The minimum Gasteiger partial charge on any atom is -0.490 e. The average Bonchev–Trinajstić information content (AvgIpc) is 2.77. The molecule has 5 heteroatoms. The highest BCUT2D eigenvalue weighted by molar-refractivity contribution is 5.35. The van der Waals surface area contributed by atoms with E-state index in [1.165, 1.54) is 50.7 Å². The topological polar surface area (TPSA) is 27.7 Å². The molecule has 0 N–H and O–H groups in total. The van der Waals surface area contributed by atoms with Crippen molar-refractivity contribution in [3.63, 3.8) is 0 Å². The second-order valence-electron chi connectivity index (χ2n) is 9.09. The Morgan fingerprint density at radius 1 is 0.867 bits per heavy atom. The monoisotopic (exact) mass is 424 g/mol. The normalized spacial score (nSPS) is 27.1. The van der Waals surface area contributed by atoms with E-state index < -0.39 is 11.6 Å². The third kappa shape index (κ3) is 6.32. The molecule has 1 heterocycles. The van der Waals surface area contributed by atoms with Gasteiger partial charge in [0.15, 0.2) is 11.5 Å². The molecular weight excluding hydrogens is 386 g/mol. The van der Waals surface area contributed by atoms with Gasteiger partial charge in [-0.2, -0.15) is 8.78 Å². The first-order valence-electron chi connectivity index (χ1n) is 12.0. The van der Waals surface area contributed by atoms with Crippen LogP contribution in [0.5, 0.6) is 11.5 Å². The van der Waals surface area contributed by atoms with E-state index in [1.54, 1.807) is 0 Å².